The summed E-state index contributed by atoms with van der Waals surface area (Å²) in [7, 11) is 1.68. The van der Waals surface area contributed by atoms with E-state index in [0.29, 0.717) is 12.0 Å². The van der Waals surface area contributed by atoms with Crippen LogP contribution < -0.4 is 10.5 Å². The van der Waals surface area contributed by atoms with Gasteiger partial charge in [-0.1, -0.05) is 15.9 Å². The summed E-state index contributed by atoms with van der Waals surface area (Å²) in [6.07, 6.45) is 4.90. The molecule has 0 aliphatic heterocycles. The van der Waals surface area contributed by atoms with E-state index < -0.39 is 0 Å². The molecule has 4 nitrogen and oxygen atoms in total. The van der Waals surface area contributed by atoms with Crippen molar-refractivity contribution in [2.45, 2.75) is 37.6 Å². The van der Waals surface area contributed by atoms with Crippen molar-refractivity contribution in [1.82, 2.24) is 9.55 Å². The summed E-state index contributed by atoms with van der Waals surface area (Å²) >= 11 is 3.52. The molecule has 2 aliphatic carbocycles. The highest BCUT2D eigenvalue weighted by molar-refractivity contribution is 9.10. The average molecular weight is 348 g/mol. The molecule has 21 heavy (non-hydrogen) atoms. The molecule has 1 aromatic heterocycles. The molecule has 0 unspecified atom stereocenters. The van der Waals surface area contributed by atoms with Crippen LogP contribution in [0.25, 0.3) is 11.3 Å². The maximum atomic E-state index is 6.45. The van der Waals surface area contributed by atoms with Gasteiger partial charge in [0.15, 0.2) is 0 Å². The minimum Gasteiger partial charge on any atom is -0.496 e. The van der Waals surface area contributed by atoms with Crippen LogP contribution >= 0.6 is 15.9 Å². The van der Waals surface area contributed by atoms with Gasteiger partial charge in [0, 0.05) is 22.0 Å². The van der Waals surface area contributed by atoms with Crippen molar-refractivity contribution >= 4 is 21.7 Å². The van der Waals surface area contributed by atoms with Crippen LogP contribution in [0.1, 0.15) is 43.5 Å². The summed E-state index contributed by atoms with van der Waals surface area (Å²) in [5.41, 5.74) is 8.27. The first kappa shape index (κ1) is 13.2. The molecule has 0 saturated heterocycles. The van der Waals surface area contributed by atoms with Crippen LogP contribution in [0.3, 0.4) is 0 Å². The van der Waals surface area contributed by atoms with E-state index in [1.54, 1.807) is 7.11 Å². The zero-order valence-corrected chi connectivity index (χ0v) is 13.6. The van der Waals surface area contributed by atoms with Crippen LogP contribution in [0, 0.1) is 0 Å². The Morgan fingerprint density at radius 3 is 2.67 bits per heavy atom. The Balaban J connectivity index is 1.89. The van der Waals surface area contributed by atoms with Gasteiger partial charge in [-0.2, -0.15) is 0 Å². The Bertz CT molecular complexity index is 702. The molecule has 2 fully saturated rings. The standard InChI is InChI=1S/C16H18BrN3O/c1-21-13-7-4-10(17)8-12(13)14-15(18)20(11-5-6-11)16(19-14)9-2-3-9/h4,7-9,11H,2-3,5-6,18H2,1H3. The number of imidazole rings is 1. The van der Waals surface area contributed by atoms with Crippen LogP contribution in [-0.4, -0.2) is 16.7 Å². The lowest BCUT2D eigenvalue weighted by Crippen LogP contribution is -2.04. The summed E-state index contributed by atoms with van der Waals surface area (Å²) in [6.45, 7) is 0. The fraction of sp³-hybridized carbons (Fsp3) is 0.438. The SMILES string of the molecule is COc1ccc(Br)cc1-c1nc(C2CC2)n(C2CC2)c1N. The molecule has 0 atom stereocenters. The van der Waals surface area contributed by atoms with Gasteiger partial charge in [-0.25, -0.2) is 4.98 Å². The second-order valence-electron chi connectivity index (χ2n) is 5.92. The van der Waals surface area contributed by atoms with E-state index in [1.165, 1.54) is 31.5 Å². The number of anilines is 1. The topological polar surface area (TPSA) is 53.1 Å². The monoisotopic (exact) mass is 347 g/mol. The maximum absolute atomic E-state index is 6.45. The third kappa shape index (κ3) is 2.24. The van der Waals surface area contributed by atoms with Gasteiger partial charge in [0.2, 0.25) is 0 Å². The molecule has 2 N–H and O–H groups in total. The van der Waals surface area contributed by atoms with Crippen molar-refractivity contribution < 1.29 is 4.74 Å². The molecule has 1 aromatic carbocycles. The highest BCUT2D eigenvalue weighted by Crippen LogP contribution is 2.49. The summed E-state index contributed by atoms with van der Waals surface area (Å²) in [5.74, 6) is 3.37. The molecule has 0 bridgehead atoms. The lowest BCUT2D eigenvalue weighted by atomic mass is 10.1. The Hall–Kier alpha value is -1.49. The van der Waals surface area contributed by atoms with E-state index in [9.17, 15) is 0 Å². The van der Waals surface area contributed by atoms with Crippen LogP contribution in [0.15, 0.2) is 22.7 Å². The van der Waals surface area contributed by atoms with Gasteiger partial charge in [-0.15, -0.1) is 0 Å². The number of nitrogen functional groups attached to an aromatic ring is 1. The van der Waals surface area contributed by atoms with E-state index in [-0.39, 0.29) is 0 Å². The summed E-state index contributed by atoms with van der Waals surface area (Å²) < 4.78 is 8.76. The van der Waals surface area contributed by atoms with Crippen LogP contribution in [0.4, 0.5) is 5.82 Å². The number of aromatic nitrogens is 2. The van der Waals surface area contributed by atoms with E-state index >= 15 is 0 Å². The second-order valence-corrected chi connectivity index (χ2v) is 6.84. The van der Waals surface area contributed by atoms with Gasteiger partial charge < -0.3 is 15.0 Å². The van der Waals surface area contributed by atoms with Gasteiger partial charge in [0.1, 0.15) is 23.1 Å². The van der Waals surface area contributed by atoms with Gasteiger partial charge in [-0.05, 0) is 43.9 Å². The first-order chi connectivity index (χ1) is 10.2. The summed E-state index contributed by atoms with van der Waals surface area (Å²) in [4.78, 5) is 4.89. The third-order valence-corrected chi connectivity index (χ3v) is 4.74. The Morgan fingerprint density at radius 2 is 2.05 bits per heavy atom. The predicted octanol–water partition coefficient (Wildman–Crippen LogP) is 4.12. The number of methoxy groups -OCH3 is 1. The molecule has 0 spiro atoms. The second kappa shape index (κ2) is 4.77. The molecule has 0 amide bonds. The number of hydrogen-bond acceptors (Lipinski definition) is 3. The molecule has 4 rings (SSSR count). The van der Waals surface area contributed by atoms with Crippen molar-refractivity contribution in [3.05, 3.63) is 28.5 Å². The van der Waals surface area contributed by atoms with Crippen molar-refractivity contribution in [3.63, 3.8) is 0 Å². The number of hydrogen-bond donors (Lipinski definition) is 1. The van der Waals surface area contributed by atoms with E-state index in [1.807, 2.05) is 18.2 Å². The van der Waals surface area contributed by atoms with Crippen molar-refractivity contribution in [2.75, 3.05) is 12.8 Å². The molecule has 2 saturated carbocycles. The van der Waals surface area contributed by atoms with E-state index in [4.69, 9.17) is 15.5 Å². The zero-order chi connectivity index (χ0) is 14.6. The molecule has 2 aromatic rings. The Labute approximate surface area is 132 Å². The predicted molar refractivity (Wildman–Crippen MR) is 86.6 cm³/mol. The number of halogens is 1. The normalized spacial score (nSPS) is 18.0. The van der Waals surface area contributed by atoms with Gasteiger partial charge >= 0.3 is 0 Å². The number of nitrogens with two attached hydrogens (primary N) is 1. The van der Waals surface area contributed by atoms with Gasteiger partial charge in [-0.3, -0.25) is 0 Å². The largest absolute Gasteiger partial charge is 0.496 e. The minimum absolute atomic E-state index is 0.556. The minimum atomic E-state index is 0.556. The van der Waals surface area contributed by atoms with E-state index in [2.05, 4.69) is 20.5 Å². The molecule has 110 valence electrons. The Morgan fingerprint density at radius 1 is 1.29 bits per heavy atom. The quantitative estimate of drug-likeness (QED) is 0.904. The number of benzene rings is 1. The molecule has 0 radical (unpaired) electrons. The molecule has 1 heterocycles. The molecular weight excluding hydrogens is 330 g/mol. The molecular formula is C16H18BrN3O. The summed E-state index contributed by atoms with van der Waals surface area (Å²) in [6, 6.07) is 6.51. The van der Waals surface area contributed by atoms with E-state index in [0.717, 1.165) is 27.3 Å². The lowest BCUT2D eigenvalue weighted by Gasteiger charge is -2.09. The zero-order valence-electron chi connectivity index (χ0n) is 12.0. The van der Waals surface area contributed by atoms with Crippen molar-refractivity contribution in [3.8, 4) is 17.0 Å². The van der Waals surface area contributed by atoms with Crippen molar-refractivity contribution in [2.24, 2.45) is 0 Å². The number of ether oxygens (including phenoxy) is 1. The Kier molecular flexibility index (Phi) is 2.99. The van der Waals surface area contributed by atoms with Gasteiger partial charge in [0.05, 0.1) is 7.11 Å². The highest BCUT2D eigenvalue weighted by Gasteiger charge is 2.37. The molecule has 5 heteroatoms. The lowest BCUT2D eigenvalue weighted by molar-refractivity contribution is 0.416. The summed E-state index contributed by atoms with van der Waals surface area (Å²) in [5, 5.41) is 0. The average Bonchev–Trinajstić information content (AvgIpc) is 3.37. The van der Waals surface area contributed by atoms with Crippen LogP contribution in [-0.2, 0) is 0 Å². The van der Waals surface area contributed by atoms with Crippen LogP contribution in [0.2, 0.25) is 0 Å². The first-order valence-electron chi connectivity index (χ1n) is 7.40. The first-order valence-corrected chi connectivity index (χ1v) is 8.20. The number of rotatable bonds is 4. The fourth-order valence-electron chi connectivity index (χ4n) is 2.87. The van der Waals surface area contributed by atoms with Gasteiger partial charge in [0.25, 0.3) is 0 Å². The molecule has 2 aliphatic rings. The van der Waals surface area contributed by atoms with Crippen LogP contribution in [0.5, 0.6) is 5.75 Å². The maximum Gasteiger partial charge on any atom is 0.132 e. The third-order valence-electron chi connectivity index (χ3n) is 4.25. The smallest absolute Gasteiger partial charge is 0.132 e. The van der Waals surface area contributed by atoms with Crippen molar-refractivity contribution in [1.29, 1.82) is 0 Å². The fourth-order valence-corrected chi connectivity index (χ4v) is 3.23. The number of nitrogens with zero attached hydrogens (tertiary/aromatic N) is 2. The highest BCUT2D eigenvalue weighted by atomic mass is 79.9.